The van der Waals surface area contributed by atoms with Crippen LogP contribution < -0.4 is 5.32 Å². The summed E-state index contributed by atoms with van der Waals surface area (Å²) >= 11 is 0. The highest BCUT2D eigenvalue weighted by Gasteiger charge is 2.18. The van der Waals surface area contributed by atoms with Gasteiger partial charge >= 0.3 is 0 Å². The minimum absolute atomic E-state index is 0.533. The summed E-state index contributed by atoms with van der Waals surface area (Å²) in [4.78, 5) is 4.10. The quantitative estimate of drug-likeness (QED) is 0.771. The lowest BCUT2D eigenvalue weighted by molar-refractivity contribution is 0.400. The minimum atomic E-state index is 0.533. The van der Waals surface area contributed by atoms with E-state index < -0.39 is 0 Å². The van der Waals surface area contributed by atoms with Gasteiger partial charge in [-0.25, -0.2) is 0 Å². The van der Waals surface area contributed by atoms with E-state index in [2.05, 4.69) is 16.4 Å². The highest BCUT2D eigenvalue weighted by molar-refractivity contribution is 5.76. The van der Waals surface area contributed by atoms with E-state index >= 15 is 0 Å². The molecule has 0 radical (unpaired) electrons. The monoisotopic (exact) mass is 202 g/mol. The fourth-order valence-electron chi connectivity index (χ4n) is 2.20. The fourth-order valence-corrected chi connectivity index (χ4v) is 2.20. The Bertz CT molecular complexity index is 424. The molecule has 0 aromatic carbocycles. The van der Waals surface area contributed by atoms with Gasteiger partial charge in [-0.3, -0.25) is 4.98 Å². The van der Waals surface area contributed by atoms with Gasteiger partial charge < -0.3 is 9.73 Å². The number of nitrogens with one attached hydrogen (secondary N) is 1. The third-order valence-electron chi connectivity index (χ3n) is 3.03. The van der Waals surface area contributed by atoms with Gasteiger partial charge in [-0.1, -0.05) is 0 Å². The van der Waals surface area contributed by atoms with Gasteiger partial charge in [0.15, 0.2) is 0 Å². The lowest BCUT2D eigenvalue weighted by Crippen LogP contribution is -2.28. The second kappa shape index (κ2) is 3.66. The molecule has 3 nitrogen and oxygen atoms in total. The van der Waals surface area contributed by atoms with E-state index in [4.69, 9.17) is 4.42 Å². The molecule has 3 heterocycles. The first-order valence-electron chi connectivity index (χ1n) is 5.47. The normalized spacial score (nSPS) is 22.0. The van der Waals surface area contributed by atoms with Crippen LogP contribution in [0.5, 0.6) is 0 Å². The van der Waals surface area contributed by atoms with E-state index in [1.807, 2.05) is 12.3 Å². The maximum Gasteiger partial charge on any atom is 0.137 e. The molecular weight excluding hydrogens is 188 g/mol. The smallest absolute Gasteiger partial charge is 0.137 e. The van der Waals surface area contributed by atoms with Gasteiger partial charge in [-0.05, 0) is 31.5 Å². The Hall–Kier alpha value is -1.35. The van der Waals surface area contributed by atoms with Crippen LogP contribution in [0.3, 0.4) is 0 Å². The van der Waals surface area contributed by atoms with Gasteiger partial charge in [0.25, 0.3) is 0 Å². The Morgan fingerprint density at radius 1 is 1.47 bits per heavy atom. The molecule has 1 aliphatic rings. The molecule has 1 N–H and O–H groups in total. The molecule has 1 unspecified atom stereocenters. The van der Waals surface area contributed by atoms with Crippen molar-refractivity contribution in [3.05, 3.63) is 30.3 Å². The second-order valence-electron chi connectivity index (χ2n) is 4.11. The third kappa shape index (κ3) is 1.63. The van der Waals surface area contributed by atoms with E-state index in [0.29, 0.717) is 5.92 Å². The van der Waals surface area contributed by atoms with Gasteiger partial charge in [0.05, 0.1) is 0 Å². The van der Waals surface area contributed by atoms with E-state index in [-0.39, 0.29) is 0 Å². The standard InChI is InChI=1S/C12H14N2O/c1-2-9(7-13-4-1)12-6-10-8-14-5-3-11(10)15-12/h3,5-6,8-9,13H,1-2,4,7H2. The number of hydrogen-bond acceptors (Lipinski definition) is 3. The maximum absolute atomic E-state index is 5.83. The molecule has 3 heteroatoms. The van der Waals surface area contributed by atoms with Crippen LogP contribution in [-0.2, 0) is 0 Å². The van der Waals surface area contributed by atoms with E-state index in [9.17, 15) is 0 Å². The summed E-state index contributed by atoms with van der Waals surface area (Å²) in [6.07, 6.45) is 6.09. The Morgan fingerprint density at radius 3 is 3.27 bits per heavy atom. The summed E-state index contributed by atoms with van der Waals surface area (Å²) in [6, 6.07) is 4.05. The molecule has 3 rings (SSSR count). The van der Waals surface area contributed by atoms with Crippen molar-refractivity contribution in [1.82, 2.24) is 10.3 Å². The van der Waals surface area contributed by atoms with Crippen molar-refractivity contribution in [2.45, 2.75) is 18.8 Å². The first-order chi connectivity index (χ1) is 7.43. The lowest BCUT2D eigenvalue weighted by Gasteiger charge is -2.20. The molecule has 1 aliphatic heterocycles. The van der Waals surface area contributed by atoms with Crippen LogP contribution in [0.25, 0.3) is 11.0 Å². The average molecular weight is 202 g/mol. The van der Waals surface area contributed by atoms with Crippen LogP contribution in [0.4, 0.5) is 0 Å². The molecule has 78 valence electrons. The zero-order chi connectivity index (χ0) is 10.1. The molecule has 0 spiro atoms. The molecule has 0 amide bonds. The molecule has 2 aromatic rings. The van der Waals surface area contributed by atoms with Crippen molar-refractivity contribution in [2.75, 3.05) is 13.1 Å². The predicted molar refractivity (Wildman–Crippen MR) is 58.9 cm³/mol. The molecule has 0 aliphatic carbocycles. The Labute approximate surface area is 88.5 Å². The average Bonchev–Trinajstić information content (AvgIpc) is 2.74. The van der Waals surface area contributed by atoms with Crippen molar-refractivity contribution in [3.8, 4) is 0 Å². The minimum Gasteiger partial charge on any atom is -0.461 e. The van der Waals surface area contributed by atoms with Crippen LogP contribution >= 0.6 is 0 Å². The summed E-state index contributed by atoms with van der Waals surface area (Å²) in [7, 11) is 0. The van der Waals surface area contributed by atoms with Gasteiger partial charge in [0.2, 0.25) is 0 Å². The van der Waals surface area contributed by atoms with E-state index in [0.717, 1.165) is 29.8 Å². The Morgan fingerprint density at radius 2 is 2.47 bits per heavy atom. The summed E-state index contributed by atoms with van der Waals surface area (Å²) in [5.41, 5.74) is 0.950. The van der Waals surface area contributed by atoms with Gasteiger partial charge in [-0.2, -0.15) is 0 Å². The van der Waals surface area contributed by atoms with Crippen LogP contribution in [0.15, 0.2) is 28.9 Å². The SMILES string of the molecule is c1cc2oc(C3CCCNC3)cc2cn1. The summed E-state index contributed by atoms with van der Waals surface area (Å²) in [6.45, 7) is 2.17. The molecule has 0 bridgehead atoms. The third-order valence-corrected chi connectivity index (χ3v) is 3.03. The summed E-state index contributed by atoms with van der Waals surface area (Å²) in [5.74, 6) is 1.64. The number of piperidine rings is 1. The van der Waals surface area contributed by atoms with Crippen molar-refractivity contribution in [1.29, 1.82) is 0 Å². The molecule has 1 fully saturated rings. The lowest BCUT2D eigenvalue weighted by atomic mass is 9.97. The predicted octanol–water partition coefficient (Wildman–Crippen LogP) is 2.29. The van der Waals surface area contributed by atoms with Gasteiger partial charge in [0, 0.05) is 30.2 Å². The molecule has 1 saturated heterocycles. The highest BCUT2D eigenvalue weighted by atomic mass is 16.3. The number of pyridine rings is 1. The summed E-state index contributed by atoms with van der Waals surface area (Å²) in [5, 5.41) is 4.51. The van der Waals surface area contributed by atoms with Crippen LogP contribution in [0.1, 0.15) is 24.5 Å². The first-order valence-corrected chi connectivity index (χ1v) is 5.47. The zero-order valence-electron chi connectivity index (χ0n) is 8.57. The second-order valence-corrected chi connectivity index (χ2v) is 4.11. The molecule has 15 heavy (non-hydrogen) atoms. The Balaban J connectivity index is 1.96. The van der Waals surface area contributed by atoms with Crippen molar-refractivity contribution in [3.63, 3.8) is 0 Å². The van der Waals surface area contributed by atoms with Crippen molar-refractivity contribution >= 4 is 11.0 Å². The molecule has 1 atom stereocenters. The highest BCUT2D eigenvalue weighted by Crippen LogP contribution is 2.28. The Kier molecular flexibility index (Phi) is 2.18. The first kappa shape index (κ1) is 8.92. The number of aromatic nitrogens is 1. The molecule has 0 saturated carbocycles. The van der Waals surface area contributed by atoms with Gasteiger partial charge in [0.1, 0.15) is 11.3 Å². The van der Waals surface area contributed by atoms with E-state index in [1.54, 1.807) is 6.20 Å². The van der Waals surface area contributed by atoms with Crippen molar-refractivity contribution < 1.29 is 4.42 Å². The summed E-state index contributed by atoms with van der Waals surface area (Å²) < 4.78 is 5.83. The fraction of sp³-hybridized carbons (Fsp3) is 0.417. The largest absolute Gasteiger partial charge is 0.461 e. The topological polar surface area (TPSA) is 38.1 Å². The number of nitrogens with zero attached hydrogens (tertiary/aromatic N) is 1. The number of furan rings is 1. The van der Waals surface area contributed by atoms with Crippen LogP contribution in [-0.4, -0.2) is 18.1 Å². The van der Waals surface area contributed by atoms with Crippen LogP contribution in [0.2, 0.25) is 0 Å². The van der Waals surface area contributed by atoms with Crippen LogP contribution in [0, 0.1) is 0 Å². The van der Waals surface area contributed by atoms with Gasteiger partial charge in [-0.15, -0.1) is 0 Å². The van der Waals surface area contributed by atoms with Crippen molar-refractivity contribution in [2.24, 2.45) is 0 Å². The zero-order valence-corrected chi connectivity index (χ0v) is 8.57. The molecular formula is C12H14N2O. The number of rotatable bonds is 1. The number of hydrogen-bond donors (Lipinski definition) is 1. The molecule has 2 aromatic heterocycles. The maximum atomic E-state index is 5.83. The van der Waals surface area contributed by atoms with E-state index in [1.165, 1.54) is 12.8 Å². The number of fused-ring (bicyclic) bond motifs is 1.